The van der Waals surface area contributed by atoms with Crippen LogP contribution in [0.1, 0.15) is 45.1 Å². The van der Waals surface area contributed by atoms with E-state index in [1.165, 1.54) is 17.8 Å². The Bertz CT molecular complexity index is 535. The molecule has 3 N–H and O–H groups in total. The fourth-order valence-electron chi connectivity index (χ4n) is 2.56. The predicted molar refractivity (Wildman–Crippen MR) is 78.6 cm³/mol. The molecule has 0 bridgehead atoms. The summed E-state index contributed by atoms with van der Waals surface area (Å²) in [5, 5.41) is 1.81. The van der Waals surface area contributed by atoms with E-state index in [1.54, 1.807) is 11.4 Å². The molecule has 1 heterocycles. The number of rotatable bonds is 4. The summed E-state index contributed by atoms with van der Waals surface area (Å²) in [7, 11) is -3.41. The number of nitrogens with two attached hydrogens (primary N) is 1. The highest BCUT2D eigenvalue weighted by Gasteiger charge is 2.35. The second-order valence-corrected chi connectivity index (χ2v) is 8.74. The lowest BCUT2D eigenvalue weighted by atomic mass is 9.74. The highest BCUT2D eigenvalue weighted by molar-refractivity contribution is 7.91. The van der Waals surface area contributed by atoms with Crippen LogP contribution in [0.2, 0.25) is 0 Å². The standard InChI is InChI=1S/C13H22N2O2S2/c1-13(2)6-4-3-5-11(13)15-19(16,17)12-7-10(8-14)9-18-12/h7,9,11,15H,3-6,8,14H2,1-2H3. The Labute approximate surface area is 119 Å². The van der Waals surface area contributed by atoms with Gasteiger partial charge < -0.3 is 5.73 Å². The third-order valence-electron chi connectivity index (χ3n) is 3.93. The van der Waals surface area contributed by atoms with Crippen molar-refractivity contribution in [2.24, 2.45) is 11.1 Å². The topological polar surface area (TPSA) is 72.2 Å². The molecule has 4 nitrogen and oxygen atoms in total. The third kappa shape index (κ3) is 3.37. The molecule has 1 unspecified atom stereocenters. The molecule has 1 fully saturated rings. The largest absolute Gasteiger partial charge is 0.326 e. The van der Waals surface area contributed by atoms with Crippen LogP contribution in [-0.2, 0) is 16.6 Å². The molecule has 108 valence electrons. The molecule has 1 saturated carbocycles. The van der Waals surface area contributed by atoms with Crippen molar-refractivity contribution in [3.63, 3.8) is 0 Å². The van der Waals surface area contributed by atoms with Crippen molar-refractivity contribution in [3.8, 4) is 0 Å². The van der Waals surface area contributed by atoms with Crippen LogP contribution in [0.4, 0.5) is 0 Å². The lowest BCUT2D eigenvalue weighted by Crippen LogP contribution is -2.46. The van der Waals surface area contributed by atoms with Crippen molar-refractivity contribution in [2.45, 2.75) is 56.3 Å². The van der Waals surface area contributed by atoms with E-state index in [4.69, 9.17) is 5.73 Å². The van der Waals surface area contributed by atoms with E-state index in [1.807, 2.05) is 0 Å². The van der Waals surface area contributed by atoms with E-state index in [9.17, 15) is 8.42 Å². The Hall–Kier alpha value is -0.430. The lowest BCUT2D eigenvalue weighted by molar-refractivity contribution is 0.188. The predicted octanol–water partition coefficient (Wildman–Crippen LogP) is 2.45. The van der Waals surface area contributed by atoms with Gasteiger partial charge in [0.15, 0.2) is 0 Å². The summed E-state index contributed by atoms with van der Waals surface area (Å²) in [6.45, 7) is 4.65. The zero-order valence-corrected chi connectivity index (χ0v) is 13.1. The molecule has 0 radical (unpaired) electrons. The fourth-order valence-corrected chi connectivity index (χ4v) is 5.24. The summed E-state index contributed by atoms with van der Waals surface area (Å²) < 4.78 is 28.0. The van der Waals surface area contributed by atoms with Crippen molar-refractivity contribution < 1.29 is 8.42 Å². The van der Waals surface area contributed by atoms with Crippen LogP contribution >= 0.6 is 11.3 Å². The number of hydrogen-bond donors (Lipinski definition) is 2. The van der Waals surface area contributed by atoms with Crippen molar-refractivity contribution in [1.29, 1.82) is 0 Å². The van der Waals surface area contributed by atoms with Gasteiger partial charge in [0.25, 0.3) is 0 Å². The molecule has 0 saturated heterocycles. The molecule has 1 aromatic rings. The highest BCUT2D eigenvalue weighted by atomic mass is 32.2. The maximum atomic E-state index is 12.4. The minimum atomic E-state index is -3.41. The molecule has 0 aliphatic heterocycles. The molecule has 0 amide bonds. The van der Waals surface area contributed by atoms with E-state index in [-0.39, 0.29) is 11.5 Å². The average molecular weight is 302 g/mol. The van der Waals surface area contributed by atoms with Gasteiger partial charge in [-0.05, 0) is 35.3 Å². The van der Waals surface area contributed by atoms with Gasteiger partial charge in [0.2, 0.25) is 10.0 Å². The lowest BCUT2D eigenvalue weighted by Gasteiger charge is -2.38. The van der Waals surface area contributed by atoms with Crippen LogP contribution in [0.3, 0.4) is 0 Å². The Morgan fingerprint density at radius 1 is 1.47 bits per heavy atom. The maximum Gasteiger partial charge on any atom is 0.250 e. The fraction of sp³-hybridized carbons (Fsp3) is 0.692. The summed E-state index contributed by atoms with van der Waals surface area (Å²) in [5.41, 5.74) is 6.42. The molecule has 19 heavy (non-hydrogen) atoms. The number of nitrogens with one attached hydrogen (secondary N) is 1. The first-order valence-corrected chi connectivity index (χ1v) is 9.01. The van der Waals surface area contributed by atoms with Crippen molar-refractivity contribution in [1.82, 2.24) is 4.72 Å². The van der Waals surface area contributed by atoms with Crippen LogP contribution < -0.4 is 10.5 Å². The monoisotopic (exact) mass is 302 g/mol. The van der Waals surface area contributed by atoms with Crippen molar-refractivity contribution in [3.05, 3.63) is 17.0 Å². The SMILES string of the molecule is CC1(C)CCCCC1NS(=O)(=O)c1cc(CN)cs1. The zero-order chi connectivity index (χ0) is 14.1. The first-order chi connectivity index (χ1) is 8.85. The molecular weight excluding hydrogens is 280 g/mol. The maximum absolute atomic E-state index is 12.4. The minimum absolute atomic E-state index is 0.0228. The third-order valence-corrected chi connectivity index (χ3v) is 6.89. The van der Waals surface area contributed by atoms with Gasteiger partial charge in [-0.2, -0.15) is 0 Å². The Morgan fingerprint density at radius 2 is 2.21 bits per heavy atom. The second kappa shape index (κ2) is 5.52. The van der Waals surface area contributed by atoms with Gasteiger partial charge in [0.1, 0.15) is 4.21 Å². The number of sulfonamides is 1. The van der Waals surface area contributed by atoms with Gasteiger partial charge in [0.05, 0.1) is 0 Å². The van der Waals surface area contributed by atoms with Gasteiger partial charge in [-0.25, -0.2) is 13.1 Å². The molecule has 1 atom stereocenters. The van der Waals surface area contributed by atoms with Crippen LogP contribution in [-0.4, -0.2) is 14.5 Å². The van der Waals surface area contributed by atoms with Gasteiger partial charge in [-0.1, -0.05) is 26.7 Å². The molecular formula is C13H22N2O2S2. The first-order valence-electron chi connectivity index (χ1n) is 6.65. The second-order valence-electron chi connectivity index (χ2n) is 5.89. The van der Waals surface area contributed by atoms with E-state index in [0.29, 0.717) is 10.8 Å². The van der Waals surface area contributed by atoms with Crippen LogP contribution in [0, 0.1) is 5.41 Å². The summed E-state index contributed by atoms with van der Waals surface area (Å²) in [6.07, 6.45) is 4.26. The van der Waals surface area contributed by atoms with Gasteiger partial charge in [-0.3, -0.25) is 0 Å². The number of thiophene rings is 1. The molecule has 1 aliphatic rings. The van der Waals surface area contributed by atoms with Crippen molar-refractivity contribution >= 4 is 21.4 Å². The van der Waals surface area contributed by atoms with Crippen LogP contribution in [0.15, 0.2) is 15.7 Å². The van der Waals surface area contributed by atoms with Gasteiger partial charge >= 0.3 is 0 Å². The summed E-state index contributed by atoms with van der Waals surface area (Å²) in [4.78, 5) is 0. The average Bonchev–Trinajstić information content (AvgIpc) is 2.81. The molecule has 2 rings (SSSR count). The van der Waals surface area contributed by atoms with E-state index < -0.39 is 10.0 Å². The van der Waals surface area contributed by atoms with Crippen molar-refractivity contribution in [2.75, 3.05) is 0 Å². The van der Waals surface area contributed by atoms with Crippen LogP contribution in [0.5, 0.6) is 0 Å². The highest BCUT2D eigenvalue weighted by Crippen LogP contribution is 2.36. The van der Waals surface area contributed by atoms with E-state index in [0.717, 1.165) is 24.8 Å². The zero-order valence-electron chi connectivity index (χ0n) is 11.5. The Kier molecular flexibility index (Phi) is 4.35. The molecule has 1 aromatic heterocycles. The first kappa shape index (κ1) is 15.0. The van der Waals surface area contributed by atoms with E-state index in [2.05, 4.69) is 18.6 Å². The summed E-state index contributed by atoms with van der Waals surface area (Å²) >= 11 is 1.24. The minimum Gasteiger partial charge on any atom is -0.326 e. The molecule has 1 aliphatic carbocycles. The smallest absolute Gasteiger partial charge is 0.250 e. The quantitative estimate of drug-likeness (QED) is 0.897. The summed E-state index contributed by atoms with van der Waals surface area (Å²) in [6, 6.07) is 1.69. The van der Waals surface area contributed by atoms with Crippen LogP contribution in [0.25, 0.3) is 0 Å². The van der Waals surface area contributed by atoms with E-state index >= 15 is 0 Å². The molecule has 0 spiro atoms. The normalized spacial score (nSPS) is 23.4. The number of hydrogen-bond acceptors (Lipinski definition) is 4. The Morgan fingerprint density at radius 3 is 2.79 bits per heavy atom. The van der Waals surface area contributed by atoms with Gasteiger partial charge in [-0.15, -0.1) is 11.3 Å². The molecule has 6 heteroatoms. The summed E-state index contributed by atoms with van der Waals surface area (Å²) in [5.74, 6) is 0. The molecule has 0 aromatic carbocycles. The van der Waals surface area contributed by atoms with Gasteiger partial charge in [0, 0.05) is 12.6 Å². The Balaban J connectivity index is 2.16.